The maximum atomic E-state index is 12.4. The molecular formula is C21H23NO3. The number of hydrogen-bond acceptors (Lipinski definition) is 3. The average molecular weight is 337 g/mol. The largest absolute Gasteiger partial charge is 0.497 e. The molecule has 0 aromatic heterocycles. The van der Waals surface area contributed by atoms with E-state index in [9.17, 15) is 4.79 Å². The summed E-state index contributed by atoms with van der Waals surface area (Å²) in [5, 5.41) is 0. The maximum Gasteiger partial charge on any atom is 0.415 e. The van der Waals surface area contributed by atoms with Gasteiger partial charge in [0.05, 0.1) is 7.11 Å². The van der Waals surface area contributed by atoms with Crippen molar-refractivity contribution in [1.82, 2.24) is 4.90 Å². The summed E-state index contributed by atoms with van der Waals surface area (Å²) in [6, 6.07) is 17.5. The molecule has 2 aromatic carbocycles. The molecular weight excluding hydrogens is 314 g/mol. The first-order valence-corrected chi connectivity index (χ1v) is 8.62. The highest BCUT2D eigenvalue weighted by atomic mass is 16.6. The molecule has 1 amide bonds. The number of rotatable bonds is 6. The number of carbonyl (C=O) groups excluding carboxylic acids is 1. The molecule has 0 bridgehead atoms. The van der Waals surface area contributed by atoms with E-state index in [1.807, 2.05) is 65.6 Å². The van der Waals surface area contributed by atoms with E-state index in [4.69, 9.17) is 9.47 Å². The van der Waals surface area contributed by atoms with Crippen LogP contribution in [0.15, 0.2) is 60.4 Å². The first-order valence-electron chi connectivity index (χ1n) is 8.62. The van der Waals surface area contributed by atoms with Crippen molar-refractivity contribution in [2.75, 3.05) is 13.7 Å². The van der Waals surface area contributed by atoms with Crippen molar-refractivity contribution in [3.63, 3.8) is 0 Å². The predicted molar refractivity (Wildman–Crippen MR) is 98.2 cm³/mol. The number of carbonyl (C=O) groups is 1. The quantitative estimate of drug-likeness (QED) is 0.742. The van der Waals surface area contributed by atoms with Gasteiger partial charge < -0.3 is 9.47 Å². The van der Waals surface area contributed by atoms with E-state index < -0.39 is 0 Å². The Hall–Kier alpha value is -2.75. The van der Waals surface area contributed by atoms with E-state index >= 15 is 0 Å². The lowest BCUT2D eigenvalue weighted by molar-refractivity contribution is 0.164. The Kier molecular flexibility index (Phi) is 5.39. The topological polar surface area (TPSA) is 38.8 Å². The van der Waals surface area contributed by atoms with Crippen LogP contribution in [0, 0.1) is 0 Å². The molecule has 2 aromatic rings. The lowest BCUT2D eigenvalue weighted by atomic mass is 10.0. The summed E-state index contributed by atoms with van der Waals surface area (Å²) in [5.41, 5.74) is 2.03. The molecule has 130 valence electrons. The van der Waals surface area contributed by atoms with Crippen molar-refractivity contribution >= 4 is 12.2 Å². The Morgan fingerprint density at radius 3 is 2.48 bits per heavy atom. The van der Waals surface area contributed by atoms with Crippen LogP contribution in [0.5, 0.6) is 5.75 Å². The highest BCUT2D eigenvalue weighted by Gasteiger charge is 2.38. The number of cyclic esters (lactones) is 1. The molecule has 25 heavy (non-hydrogen) atoms. The fourth-order valence-corrected chi connectivity index (χ4v) is 2.98. The van der Waals surface area contributed by atoms with Gasteiger partial charge in [-0.15, -0.1) is 0 Å². The molecule has 0 saturated carbocycles. The summed E-state index contributed by atoms with van der Waals surface area (Å²) in [5.74, 6) is 1.47. The van der Waals surface area contributed by atoms with E-state index in [0.29, 0.717) is 12.3 Å². The van der Waals surface area contributed by atoms with Crippen molar-refractivity contribution in [2.45, 2.75) is 25.8 Å². The third-order valence-corrected chi connectivity index (χ3v) is 4.31. The molecule has 1 heterocycles. The van der Waals surface area contributed by atoms with Gasteiger partial charge in [-0.25, -0.2) is 4.79 Å². The third-order valence-electron chi connectivity index (χ3n) is 4.31. The van der Waals surface area contributed by atoms with Gasteiger partial charge in [-0.2, -0.15) is 0 Å². The Balaban J connectivity index is 1.95. The number of nitrogens with zero attached hydrogens (tertiary/aromatic N) is 1. The van der Waals surface area contributed by atoms with Crippen LogP contribution in [-0.4, -0.2) is 24.6 Å². The highest BCUT2D eigenvalue weighted by Crippen LogP contribution is 2.37. The molecule has 1 saturated heterocycles. The Morgan fingerprint density at radius 1 is 1.12 bits per heavy atom. The van der Waals surface area contributed by atoms with Gasteiger partial charge in [-0.1, -0.05) is 55.8 Å². The minimum Gasteiger partial charge on any atom is -0.497 e. The van der Waals surface area contributed by atoms with Crippen LogP contribution in [0.1, 0.15) is 36.9 Å². The fourth-order valence-electron chi connectivity index (χ4n) is 2.98. The second kappa shape index (κ2) is 7.88. The zero-order valence-corrected chi connectivity index (χ0v) is 14.6. The molecule has 0 spiro atoms. The second-order valence-corrected chi connectivity index (χ2v) is 6.05. The summed E-state index contributed by atoms with van der Waals surface area (Å²) < 4.78 is 10.8. The molecule has 1 unspecified atom stereocenters. The Labute approximate surface area is 148 Å². The van der Waals surface area contributed by atoms with Crippen molar-refractivity contribution in [3.05, 3.63) is 71.5 Å². The van der Waals surface area contributed by atoms with Gasteiger partial charge in [-0.3, -0.25) is 4.90 Å². The smallest absolute Gasteiger partial charge is 0.415 e. The van der Waals surface area contributed by atoms with Crippen LogP contribution in [0.2, 0.25) is 0 Å². The van der Waals surface area contributed by atoms with Gasteiger partial charge in [0.15, 0.2) is 0 Å². The van der Waals surface area contributed by atoms with Crippen molar-refractivity contribution in [1.29, 1.82) is 0 Å². The molecule has 3 rings (SSSR count). The molecule has 0 aliphatic carbocycles. The number of ether oxygens (including phenoxy) is 2. The molecule has 1 aliphatic heterocycles. The lowest BCUT2D eigenvalue weighted by Gasteiger charge is -2.21. The predicted octanol–water partition coefficient (Wildman–Crippen LogP) is 5.03. The van der Waals surface area contributed by atoms with Gasteiger partial charge >= 0.3 is 6.09 Å². The molecule has 1 atom stereocenters. The summed E-state index contributed by atoms with van der Waals surface area (Å²) in [6.45, 7) is 2.81. The van der Waals surface area contributed by atoms with E-state index in [1.165, 1.54) is 0 Å². The molecule has 4 heteroatoms. The number of hydrogen-bond donors (Lipinski definition) is 0. The molecule has 4 nitrogen and oxygen atoms in total. The van der Waals surface area contributed by atoms with Crippen molar-refractivity contribution in [2.24, 2.45) is 0 Å². The highest BCUT2D eigenvalue weighted by molar-refractivity contribution is 5.76. The average Bonchev–Trinajstić information content (AvgIpc) is 2.96. The van der Waals surface area contributed by atoms with Gasteiger partial charge in [0, 0.05) is 6.54 Å². The first-order chi connectivity index (χ1) is 12.2. The number of methoxy groups -OCH3 is 1. The zero-order chi connectivity index (χ0) is 17.6. The van der Waals surface area contributed by atoms with Gasteiger partial charge in [0.1, 0.15) is 17.6 Å². The van der Waals surface area contributed by atoms with Gasteiger partial charge in [0.25, 0.3) is 0 Å². The number of unbranched alkanes of at least 4 members (excludes halogenated alkanes) is 1. The maximum absolute atomic E-state index is 12.4. The zero-order valence-electron chi connectivity index (χ0n) is 14.6. The van der Waals surface area contributed by atoms with Crippen LogP contribution in [0.4, 0.5) is 4.79 Å². The first kappa shape index (κ1) is 17.1. The standard InChI is InChI=1S/C21H23NO3/c1-3-4-14-22-20(17-8-6-5-7-9-17)19(25-21(22)23)15-16-10-12-18(24-2)13-11-16/h5-13,15,20H,3-4,14H2,1-2H3/b19-15-. The summed E-state index contributed by atoms with van der Waals surface area (Å²) in [6.07, 6.45) is 3.64. The Bertz CT molecular complexity index is 737. The molecule has 1 aliphatic rings. The second-order valence-electron chi connectivity index (χ2n) is 6.05. The molecule has 0 radical (unpaired) electrons. The third kappa shape index (κ3) is 3.85. The lowest BCUT2D eigenvalue weighted by Crippen LogP contribution is -2.28. The van der Waals surface area contributed by atoms with Crippen LogP contribution >= 0.6 is 0 Å². The normalized spacial score (nSPS) is 18.5. The SMILES string of the molecule is CCCCN1C(=O)O/C(=C\c2ccc(OC)cc2)C1c1ccccc1. The monoisotopic (exact) mass is 337 g/mol. The van der Waals surface area contributed by atoms with Crippen LogP contribution in [0.25, 0.3) is 6.08 Å². The minimum absolute atomic E-state index is 0.178. The minimum atomic E-state index is -0.276. The Morgan fingerprint density at radius 2 is 1.84 bits per heavy atom. The van der Waals surface area contributed by atoms with Gasteiger partial charge in [-0.05, 0) is 35.8 Å². The number of amides is 1. The van der Waals surface area contributed by atoms with Crippen molar-refractivity contribution < 1.29 is 14.3 Å². The number of benzene rings is 2. The fraction of sp³-hybridized carbons (Fsp3) is 0.286. The molecule has 1 fully saturated rings. The summed E-state index contributed by atoms with van der Waals surface area (Å²) >= 11 is 0. The van der Waals surface area contributed by atoms with Crippen LogP contribution < -0.4 is 4.74 Å². The van der Waals surface area contributed by atoms with E-state index in [-0.39, 0.29) is 12.1 Å². The van der Waals surface area contributed by atoms with Crippen LogP contribution in [0.3, 0.4) is 0 Å². The summed E-state index contributed by atoms with van der Waals surface area (Å²) in [4.78, 5) is 14.2. The van der Waals surface area contributed by atoms with Crippen molar-refractivity contribution in [3.8, 4) is 5.75 Å². The van der Waals surface area contributed by atoms with Gasteiger partial charge in [0.2, 0.25) is 0 Å². The van der Waals surface area contributed by atoms with E-state index in [1.54, 1.807) is 7.11 Å². The summed E-state index contributed by atoms with van der Waals surface area (Å²) in [7, 11) is 1.64. The van der Waals surface area contributed by atoms with E-state index in [0.717, 1.165) is 29.7 Å². The molecule has 0 N–H and O–H groups in total. The van der Waals surface area contributed by atoms with E-state index in [2.05, 4.69) is 6.92 Å². The van der Waals surface area contributed by atoms with Crippen LogP contribution in [-0.2, 0) is 4.74 Å².